The number of esters is 1. The molecule has 39 heavy (non-hydrogen) atoms. The summed E-state index contributed by atoms with van der Waals surface area (Å²) in [7, 11) is 0. The number of aliphatic hydroxyl groups excluding tert-OH is 2. The van der Waals surface area contributed by atoms with Gasteiger partial charge >= 0.3 is 5.97 Å². The number of amides is 1. The number of nitrogens with two attached hydrogens (primary N) is 1. The summed E-state index contributed by atoms with van der Waals surface area (Å²) in [6.07, 6.45) is -2.68. The fraction of sp³-hybridized carbons (Fsp3) is 0.423. The first-order valence-electron chi connectivity index (χ1n) is 12.3. The van der Waals surface area contributed by atoms with E-state index in [4.69, 9.17) is 15.2 Å². The molecule has 0 aliphatic carbocycles. The summed E-state index contributed by atoms with van der Waals surface area (Å²) >= 11 is 0. The lowest BCUT2D eigenvalue weighted by Gasteiger charge is -2.25. The van der Waals surface area contributed by atoms with Crippen LogP contribution in [-0.2, 0) is 31.1 Å². The van der Waals surface area contributed by atoms with E-state index >= 15 is 0 Å². The van der Waals surface area contributed by atoms with E-state index in [1.165, 1.54) is 28.8 Å². The van der Waals surface area contributed by atoms with Crippen molar-refractivity contribution in [2.75, 3.05) is 11.9 Å². The van der Waals surface area contributed by atoms with E-state index < -0.39 is 42.5 Å². The molecule has 13 heteroatoms. The van der Waals surface area contributed by atoms with Crippen LogP contribution in [-0.4, -0.2) is 67.6 Å². The molecule has 1 aliphatic rings. The summed E-state index contributed by atoms with van der Waals surface area (Å²) in [6, 6.07) is 9.78. The number of hydrogen-bond acceptors (Lipinski definition) is 10. The second-order valence-corrected chi connectivity index (χ2v) is 9.60. The van der Waals surface area contributed by atoms with Crippen molar-refractivity contribution in [2.45, 2.75) is 56.6 Å². The van der Waals surface area contributed by atoms with Crippen molar-refractivity contribution in [1.29, 1.82) is 5.26 Å². The summed E-state index contributed by atoms with van der Waals surface area (Å²) in [5, 5.41) is 38.1. The van der Waals surface area contributed by atoms with Gasteiger partial charge in [0.1, 0.15) is 42.0 Å². The lowest BCUT2D eigenvalue weighted by molar-refractivity contribution is -0.159. The number of aryl methyl sites for hydroxylation is 1. The largest absolute Gasteiger partial charge is 0.455 e. The average Bonchev–Trinajstić information content (AvgIpc) is 3.48. The SMILES string of the molecule is CC(C)[C@H](N)C(=O)O[C@H]1[C@@H](O)[C@](C#N)(c2ccc3c(NC(=O)CCc4ccc(F)cc4)ncnn23)O[C@@H]1CO. The number of aromatic nitrogens is 3. The van der Waals surface area contributed by atoms with Gasteiger partial charge in [-0.15, -0.1) is 0 Å². The van der Waals surface area contributed by atoms with Gasteiger partial charge in [0.15, 0.2) is 11.9 Å². The summed E-state index contributed by atoms with van der Waals surface area (Å²) in [5.74, 6) is -1.64. The lowest BCUT2D eigenvalue weighted by Crippen LogP contribution is -2.46. The fourth-order valence-corrected chi connectivity index (χ4v) is 4.35. The van der Waals surface area contributed by atoms with Crippen LogP contribution < -0.4 is 11.1 Å². The highest BCUT2D eigenvalue weighted by Gasteiger charge is 2.59. The second-order valence-electron chi connectivity index (χ2n) is 9.60. The molecule has 1 aromatic carbocycles. The minimum absolute atomic E-state index is 0.0712. The minimum atomic E-state index is -2.08. The molecule has 5 N–H and O–H groups in total. The van der Waals surface area contributed by atoms with Crippen LogP contribution >= 0.6 is 0 Å². The topological polar surface area (TPSA) is 185 Å². The highest BCUT2D eigenvalue weighted by Crippen LogP contribution is 2.41. The number of fused-ring (bicyclic) bond motifs is 1. The Bertz CT molecular complexity index is 1390. The van der Waals surface area contributed by atoms with Crippen LogP contribution in [0.4, 0.5) is 10.2 Å². The zero-order valence-corrected chi connectivity index (χ0v) is 21.3. The molecule has 5 atom stereocenters. The minimum Gasteiger partial charge on any atom is -0.455 e. The van der Waals surface area contributed by atoms with Crippen LogP contribution in [0.5, 0.6) is 0 Å². The third-order valence-corrected chi connectivity index (χ3v) is 6.66. The van der Waals surface area contributed by atoms with E-state index in [9.17, 15) is 29.5 Å². The molecule has 1 saturated heterocycles. The van der Waals surface area contributed by atoms with Crippen molar-refractivity contribution in [3.8, 4) is 6.07 Å². The Kier molecular flexibility index (Phi) is 8.22. The zero-order valence-electron chi connectivity index (χ0n) is 21.3. The molecule has 1 fully saturated rings. The van der Waals surface area contributed by atoms with Gasteiger partial charge in [-0.05, 0) is 42.2 Å². The molecule has 2 aromatic heterocycles. The molecule has 1 aliphatic heterocycles. The molecule has 1 amide bonds. The standard InChI is InChI=1S/C26H29FN6O6/c1-14(2)21(29)25(37)38-22-18(11-34)39-26(12-28,23(22)36)19-9-8-17-24(30-13-31-33(17)19)32-20(35)10-5-15-3-6-16(27)7-4-15/h3-4,6-9,13-14,18,21-23,34,36H,5,10-11,29H2,1-2H3,(H,30,31,32,35)/t18-,21+,22-,23-,26+/m1/s1. The third kappa shape index (κ3) is 5.45. The Morgan fingerprint density at radius 3 is 2.67 bits per heavy atom. The zero-order chi connectivity index (χ0) is 28.3. The van der Waals surface area contributed by atoms with Crippen LogP contribution in [0.25, 0.3) is 5.52 Å². The van der Waals surface area contributed by atoms with E-state index in [1.54, 1.807) is 26.0 Å². The number of nitrogens with one attached hydrogen (secondary N) is 1. The fourth-order valence-electron chi connectivity index (χ4n) is 4.35. The number of halogens is 1. The molecule has 12 nitrogen and oxygen atoms in total. The number of nitrogens with zero attached hydrogens (tertiary/aromatic N) is 4. The van der Waals surface area contributed by atoms with Gasteiger partial charge in [0.25, 0.3) is 0 Å². The normalized spacial score (nSPS) is 23.5. The predicted octanol–water partition coefficient (Wildman–Crippen LogP) is 0.806. The van der Waals surface area contributed by atoms with Gasteiger partial charge in [0, 0.05) is 6.42 Å². The molecular formula is C26H29FN6O6. The Balaban J connectivity index is 1.58. The number of carbonyl (C=O) groups excluding carboxylic acids is 2. The van der Waals surface area contributed by atoms with Crippen LogP contribution in [0.1, 0.15) is 31.5 Å². The van der Waals surface area contributed by atoms with Gasteiger partial charge in [-0.25, -0.2) is 13.9 Å². The second kappa shape index (κ2) is 11.4. The molecule has 4 rings (SSSR count). The summed E-state index contributed by atoms with van der Waals surface area (Å²) in [6.45, 7) is 2.80. The van der Waals surface area contributed by atoms with Crippen LogP contribution in [0.2, 0.25) is 0 Å². The van der Waals surface area contributed by atoms with Crippen molar-refractivity contribution in [1.82, 2.24) is 14.6 Å². The number of aliphatic hydroxyl groups is 2. The van der Waals surface area contributed by atoms with Gasteiger partial charge in [-0.1, -0.05) is 26.0 Å². The Morgan fingerprint density at radius 2 is 2.03 bits per heavy atom. The van der Waals surface area contributed by atoms with E-state index in [2.05, 4.69) is 15.4 Å². The number of ether oxygens (including phenoxy) is 2. The predicted molar refractivity (Wildman–Crippen MR) is 134 cm³/mol. The highest BCUT2D eigenvalue weighted by molar-refractivity contribution is 5.93. The van der Waals surface area contributed by atoms with Gasteiger partial charge in [0.05, 0.1) is 12.3 Å². The number of rotatable bonds is 9. The Labute approximate surface area is 223 Å². The van der Waals surface area contributed by atoms with Crippen molar-refractivity contribution in [3.63, 3.8) is 0 Å². The van der Waals surface area contributed by atoms with Crippen molar-refractivity contribution < 1.29 is 33.7 Å². The molecule has 3 heterocycles. The van der Waals surface area contributed by atoms with E-state index in [1.807, 2.05) is 6.07 Å². The quantitative estimate of drug-likeness (QED) is 0.283. The van der Waals surface area contributed by atoms with E-state index in [0.717, 1.165) is 11.9 Å². The molecule has 206 valence electrons. The highest BCUT2D eigenvalue weighted by atomic mass is 19.1. The van der Waals surface area contributed by atoms with Crippen LogP contribution in [0.3, 0.4) is 0 Å². The first-order chi connectivity index (χ1) is 18.6. The molecule has 3 aromatic rings. The maximum atomic E-state index is 13.1. The molecule has 0 bridgehead atoms. The van der Waals surface area contributed by atoms with Crippen LogP contribution in [0.15, 0.2) is 42.7 Å². The number of anilines is 1. The van der Waals surface area contributed by atoms with Crippen LogP contribution in [0, 0.1) is 23.1 Å². The maximum Gasteiger partial charge on any atom is 0.323 e. The average molecular weight is 541 g/mol. The lowest BCUT2D eigenvalue weighted by atomic mass is 9.92. The molecule has 0 saturated carbocycles. The molecular weight excluding hydrogens is 511 g/mol. The summed E-state index contributed by atoms with van der Waals surface area (Å²) in [5.41, 5.74) is 4.94. The Hall–Kier alpha value is -3.96. The van der Waals surface area contributed by atoms with E-state index in [-0.39, 0.29) is 35.6 Å². The van der Waals surface area contributed by atoms with Crippen molar-refractivity contribution >= 4 is 23.2 Å². The summed E-state index contributed by atoms with van der Waals surface area (Å²) < 4.78 is 25.6. The smallest absolute Gasteiger partial charge is 0.323 e. The van der Waals surface area contributed by atoms with E-state index in [0.29, 0.717) is 11.9 Å². The number of hydrogen-bond donors (Lipinski definition) is 4. The van der Waals surface area contributed by atoms with Gasteiger partial charge in [0.2, 0.25) is 11.5 Å². The third-order valence-electron chi connectivity index (χ3n) is 6.66. The molecule has 0 spiro atoms. The molecule has 0 radical (unpaired) electrons. The number of carbonyl (C=O) groups is 2. The van der Waals surface area contributed by atoms with Gasteiger partial charge in [-0.3, -0.25) is 9.59 Å². The first kappa shape index (κ1) is 28.1. The Morgan fingerprint density at radius 1 is 1.31 bits per heavy atom. The number of nitriles is 1. The number of benzene rings is 1. The monoisotopic (exact) mass is 540 g/mol. The van der Waals surface area contributed by atoms with Gasteiger partial charge < -0.3 is 30.7 Å². The van der Waals surface area contributed by atoms with Crippen molar-refractivity contribution in [2.24, 2.45) is 11.7 Å². The first-order valence-corrected chi connectivity index (χ1v) is 12.3. The van der Waals surface area contributed by atoms with Gasteiger partial charge in [-0.2, -0.15) is 10.4 Å². The summed E-state index contributed by atoms with van der Waals surface area (Å²) in [4.78, 5) is 29.2. The van der Waals surface area contributed by atoms with Crippen molar-refractivity contribution in [3.05, 3.63) is 59.8 Å². The molecule has 0 unspecified atom stereocenters. The maximum absolute atomic E-state index is 13.1.